The minimum absolute atomic E-state index is 0.00441. The molecule has 7 heteroatoms. The summed E-state index contributed by atoms with van der Waals surface area (Å²) in [5.74, 6) is 0.0564. The number of hydrogen-bond acceptors (Lipinski definition) is 4. The van der Waals surface area contributed by atoms with Gasteiger partial charge >= 0.3 is 0 Å². The molecule has 120 valence electrons. The van der Waals surface area contributed by atoms with Crippen LogP contribution in [0.3, 0.4) is 0 Å². The van der Waals surface area contributed by atoms with E-state index in [1.807, 2.05) is 20.8 Å². The van der Waals surface area contributed by atoms with Crippen LogP contribution in [0.4, 0.5) is 0 Å². The zero-order valence-corrected chi connectivity index (χ0v) is 13.6. The van der Waals surface area contributed by atoms with Crippen molar-refractivity contribution in [2.75, 3.05) is 18.1 Å². The molecule has 2 fully saturated rings. The molecule has 2 heterocycles. The molecule has 0 aromatic carbocycles. The van der Waals surface area contributed by atoms with E-state index >= 15 is 0 Å². The van der Waals surface area contributed by atoms with E-state index in [4.69, 9.17) is 0 Å². The lowest BCUT2D eigenvalue weighted by Gasteiger charge is -2.41. The molecule has 0 aliphatic carbocycles. The van der Waals surface area contributed by atoms with Crippen LogP contribution in [0.1, 0.15) is 33.6 Å². The molecule has 6 nitrogen and oxygen atoms in total. The highest BCUT2D eigenvalue weighted by atomic mass is 32.2. The molecule has 0 aromatic heterocycles. The van der Waals surface area contributed by atoms with Crippen LogP contribution in [-0.4, -0.2) is 55.3 Å². The number of sulfone groups is 1. The summed E-state index contributed by atoms with van der Waals surface area (Å²) in [6.45, 7) is 6.03. The lowest BCUT2D eigenvalue weighted by atomic mass is 9.94. The van der Waals surface area contributed by atoms with Gasteiger partial charge in [0, 0.05) is 6.54 Å². The van der Waals surface area contributed by atoms with E-state index in [9.17, 15) is 18.0 Å². The molecule has 2 aliphatic rings. The van der Waals surface area contributed by atoms with Crippen LogP contribution < -0.4 is 5.32 Å². The normalized spacial score (nSPS) is 32.6. The Morgan fingerprint density at radius 2 is 2.00 bits per heavy atom. The van der Waals surface area contributed by atoms with E-state index in [0.717, 1.165) is 0 Å². The Hall–Kier alpha value is -1.11. The average molecular weight is 316 g/mol. The van der Waals surface area contributed by atoms with Gasteiger partial charge in [0.15, 0.2) is 9.84 Å². The molecule has 0 saturated carbocycles. The highest BCUT2D eigenvalue weighted by Crippen LogP contribution is 2.25. The number of amides is 2. The smallest absolute Gasteiger partial charge is 0.245 e. The number of nitrogens with one attached hydrogen (secondary N) is 1. The summed E-state index contributed by atoms with van der Waals surface area (Å²) in [6.07, 6.45) is 1.13. The van der Waals surface area contributed by atoms with Crippen LogP contribution in [-0.2, 0) is 19.4 Å². The van der Waals surface area contributed by atoms with Crippen molar-refractivity contribution in [2.45, 2.75) is 45.7 Å². The molecule has 21 heavy (non-hydrogen) atoms. The van der Waals surface area contributed by atoms with Gasteiger partial charge in [-0.1, -0.05) is 20.8 Å². The molecule has 2 saturated heterocycles. The van der Waals surface area contributed by atoms with E-state index in [0.29, 0.717) is 19.4 Å². The first-order valence-electron chi connectivity index (χ1n) is 7.56. The Bertz CT molecular complexity index is 529. The third-order valence-corrected chi connectivity index (χ3v) is 6.16. The Labute approximate surface area is 126 Å². The van der Waals surface area contributed by atoms with Gasteiger partial charge in [0.1, 0.15) is 12.1 Å². The first-order chi connectivity index (χ1) is 9.75. The number of rotatable bonds is 4. The summed E-state index contributed by atoms with van der Waals surface area (Å²) in [4.78, 5) is 26.4. The average Bonchev–Trinajstić information content (AvgIpc) is 2.72. The molecular formula is C14H24N2O4S. The predicted molar refractivity (Wildman–Crippen MR) is 79.3 cm³/mol. The van der Waals surface area contributed by atoms with E-state index in [-0.39, 0.29) is 35.2 Å². The fourth-order valence-electron chi connectivity index (χ4n) is 3.23. The van der Waals surface area contributed by atoms with Gasteiger partial charge in [-0.2, -0.15) is 0 Å². The summed E-state index contributed by atoms with van der Waals surface area (Å²) in [5, 5.41) is 2.77. The number of carbonyl (C=O) groups excluding carboxylic acids is 2. The second-order valence-corrected chi connectivity index (χ2v) is 8.65. The first-order valence-corrected chi connectivity index (χ1v) is 9.38. The van der Waals surface area contributed by atoms with Crippen molar-refractivity contribution in [3.8, 4) is 0 Å². The molecule has 2 amide bonds. The monoisotopic (exact) mass is 316 g/mol. The van der Waals surface area contributed by atoms with Crippen molar-refractivity contribution in [2.24, 2.45) is 11.8 Å². The van der Waals surface area contributed by atoms with Gasteiger partial charge in [0.2, 0.25) is 11.8 Å². The summed E-state index contributed by atoms with van der Waals surface area (Å²) in [7, 11) is -2.97. The molecule has 1 N–H and O–H groups in total. The summed E-state index contributed by atoms with van der Waals surface area (Å²) >= 11 is 0. The van der Waals surface area contributed by atoms with Gasteiger partial charge in [-0.3, -0.25) is 9.59 Å². The molecule has 2 aliphatic heterocycles. The van der Waals surface area contributed by atoms with Crippen LogP contribution in [0.15, 0.2) is 0 Å². The maximum absolute atomic E-state index is 12.5. The minimum Gasteiger partial charge on any atom is -0.343 e. The Balaban J connectivity index is 2.18. The number of carbonyl (C=O) groups is 2. The Morgan fingerprint density at radius 3 is 2.48 bits per heavy atom. The molecule has 3 unspecified atom stereocenters. The molecule has 2 rings (SSSR count). The second-order valence-electron chi connectivity index (χ2n) is 6.42. The number of piperazine rings is 1. The van der Waals surface area contributed by atoms with Gasteiger partial charge in [-0.15, -0.1) is 0 Å². The quantitative estimate of drug-likeness (QED) is 0.802. The van der Waals surface area contributed by atoms with Gasteiger partial charge in [0.05, 0.1) is 11.5 Å². The van der Waals surface area contributed by atoms with Gasteiger partial charge in [-0.25, -0.2) is 8.42 Å². The van der Waals surface area contributed by atoms with Gasteiger partial charge < -0.3 is 10.2 Å². The summed E-state index contributed by atoms with van der Waals surface area (Å²) in [5.41, 5.74) is 0. The van der Waals surface area contributed by atoms with Crippen molar-refractivity contribution in [3.05, 3.63) is 0 Å². The van der Waals surface area contributed by atoms with Crippen molar-refractivity contribution >= 4 is 21.7 Å². The largest absolute Gasteiger partial charge is 0.343 e. The highest BCUT2D eigenvalue weighted by Gasteiger charge is 2.43. The fourth-order valence-corrected chi connectivity index (χ4v) is 5.08. The summed E-state index contributed by atoms with van der Waals surface area (Å²) in [6, 6.07) is -0.978. The van der Waals surface area contributed by atoms with Crippen molar-refractivity contribution in [1.82, 2.24) is 10.2 Å². The SMILES string of the molecule is CCC1NC(=O)C(C(C)C)N(CC2CCS(=O)(=O)C2)C1=O. The third kappa shape index (κ3) is 3.39. The minimum atomic E-state index is -2.97. The zero-order valence-electron chi connectivity index (χ0n) is 12.8. The van der Waals surface area contributed by atoms with E-state index in [2.05, 4.69) is 5.32 Å². The molecule has 3 atom stereocenters. The molecular weight excluding hydrogens is 292 g/mol. The second kappa shape index (κ2) is 5.94. The van der Waals surface area contributed by atoms with Crippen LogP contribution >= 0.6 is 0 Å². The van der Waals surface area contributed by atoms with E-state index < -0.39 is 21.9 Å². The van der Waals surface area contributed by atoms with Gasteiger partial charge in [0.25, 0.3) is 0 Å². The molecule has 0 radical (unpaired) electrons. The fraction of sp³-hybridized carbons (Fsp3) is 0.857. The van der Waals surface area contributed by atoms with Crippen molar-refractivity contribution in [1.29, 1.82) is 0 Å². The van der Waals surface area contributed by atoms with Crippen molar-refractivity contribution < 1.29 is 18.0 Å². The Morgan fingerprint density at radius 1 is 1.33 bits per heavy atom. The van der Waals surface area contributed by atoms with Crippen LogP contribution in [0.2, 0.25) is 0 Å². The lowest BCUT2D eigenvalue weighted by molar-refractivity contribution is -0.151. The van der Waals surface area contributed by atoms with E-state index in [1.165, 1.54) is 0 Å². The van der Waals surface area contributed by atoms with Crippen LogP contribution in [0.25, 0.3) is 0 Å². The number of hydrogen-bond donors (Lipinski definition) is 1. The Kier molecular flexibility index (Phi) is 4.60. The zero-order chi connectivity index (χ0) is 15.8. The highest BCUT2D eigenvalue weighted by molar-refractivity contribution is 7.91. The maximum Gasteiger partial charge on any atom is 0.245 e. The maximum atomic E-state index is 12.5. The van der Waals surface area contributed by atoms with Crippen molar-refractivity contribution in [3.63, 3.8) is 0 Å². The lowest BCUT2D eigenvalue weighted by Crippen LogP contribution is -2.65. The predicted octanol–water partition coefficient (Wildman–Crippen LogP) is 0.183. The van der Waals surface area contributed by atoms with E-state index in [1.54, 1.807) is 4.90 Å². The summed E-state index contributed by atoms with van der Waals surface area (Å²) < 4.78 is 23.2. The molecule has 0 spiro atoms. The molecule has 0 bridgehead atoms. The molecule has 0 aromatic rings. The van der Waals surface area contributed by atoms with Crippen LogP contribution in [0, 0.1) is 11.8 Å². The van der Waals surface area contributed by atoms with Gasteiger partial charge in [-0.05, 0) is 24.7 Å². The number of nitrogens with zero attached hydrogens (tertiary/aromatic N) is 1. The standard InChI is InChI=1S/C14H24N2O4S/c1-4-11-14(18)16(12(9(2)3)13(17)15-11)7-10-5-6-21(19,20)8-10/h9-12H,4-8H2,1-3H3,(H,15,17). The third-order valence-electron chi connectivity index (χ3n) is 4.32. The topological polar surface area (TPSA) is 83.6 Å². The first kappa shape index (κ1) is 16.3. The van der Waals surface area contributed by atoms with Crippen LogP contribution in [0.5, 0.6) is 0 Å².